The Morgan fingerprint density at radius 3 is 2.63 bits per heavy atom. The van der Waals surface area contributed by atoms with Crippen molar-refractivity contribution < 1.29 is 18.4 Å². The summed E-state index contributed by atoms with van der Waals surface area (Å²) in [6.45, 7) is 2.64. The summed E-state index contributed by atoms with van der Waals surface area (Å²) in [7, 11) is -1.98. The molecule has 0 saturated carbocycles. The van der Waals surface area contributed by atoms with Gasteiger partial charge >= 0.3 is 0 Å². The zero-order chi connectivity index (χ0) is 20.0. The minimum absolute atomic E-state index is 0.0874. The molecule has 1 N–H and O–H groups in total. The van der Waals surface area contributed by atoms with Crippen LogP contribution in [0.25, 0.3) is 0 Å². The number of rotatable bonds is 8. The lowest BCUT2D eigenvalue weighted by Crippen LogP contribution is -2.36. The summed E-state index contributed by atoms with van der Waals surface area (Å²) in [5, 5.41) is 21.1. The molecular formula is C16H25BrN4O5S. The van der Waals surface area contributed by atoms with E-state index < -0.39 is 14.9 Å². The number of benzene rings is 1. The fraction of sp³-hybridized carbons (Fsp3) is 0.625. The number of halogens is 1. The molecule has 0 atom stereocenters. The third-order valence-corrected chi connectivity index (χ3v) is 6.80. The molecule has 1 heterocycles. The lowest BCUT2D eigenvalue weighted by Gasteiger charge is -2.28. The zero-order valence-corrected chi connectivity index (χ0v) is 17.7. The molecule has 1 aliphatic rings. The van der Waals surface area contributed by atoms with E-state index in [4.69, 9.17) is 0 Å². The molecule has 152 valence electrons. The topological polar surface area (TPSA) is 107 Å². The van der Waals surface area contributed by atoms with E-state index in [1.807, 2.05) is 7.05 Å². The van der Waals surface area contributed by atoms with Crippen LogP contribution in [0.2, 0.25) is 0 Å². The number of aliphatic hydroxyl groups excluding tert-OH is 1. The first kappa shape index (κ1) is 22.0. The van der Waals surface area contributed by atoms with E-state index in [1.54, 1.807) is 4.90 Å². The molecule has 0 aliphatic carbocycles. The molecule has 1 aromatic rings. The van der Waals surface area contributed by atoms with Crippen LogP contribution in [0.1, 0.15) is 6.42 Å². The van der Waals surface area contributed by atoms with Crippen LogP contribution in [0.3, 0.4) is 0 Å². The summed E-state index contributed by atoms with van der Waals surface area (Å²) in [6, 6.07) is 3.87. The number of likely N-dealkylation sites (N-methyl/N-ethyl adjacent to an activating group) is 1. The lowest BCUT2D eigenvalue weighted by atomic mass is 10.2. The van der Waals surface area contributed by atoms with Crippen molar-refractivity contribution in [3.05, 3.63) is 28.3 Å². The van der Waals surface area contributed by atoms with Gasteiger partial charge in [-0.3, -0.25) is 10.1 Å². The van der Waals surface area contributed by atoms with E-state index in [1.165, 1.54) is 16.4 Å². The van der Waals surface area contributed by atoms with Crippen molar-refractivity contribution in [1.82, 2.24) is 9.21 Å². The predicted molar refractivity (Wildman–Crippen MR) is 107 cm³/mol. The molecule has 1 saturated heterocycles. The van der Waals surface area contributed by atoms with Gasteiger partial charge in [0.2, 0.25) is 10.0 Å². The van der Waals surface area contributed by atoms with E-state index in [0.717, 1.165) is 12.6 Å². The first-order valence-corrected chi connectivity index (χ1v) is 11.3. The van der Waals surface area contributed by atoms with Gasteiger partial charge in [-0.05, 0) is 26.1 Å². The standard InChI is InChI=1S/C16H25BrN4O5S/c1-18-6-2-7-20(10-9-18)27(25,26)16-13-14(21(23)24)3-4-15(16)19(8-5-17)11-12-22/h3-4,13,22H,2,5-12H2,1H3. The minimum atomic E-state index is -3.91. The molecule has 9 nitrogen and oxygen atoms in total. The summed E-state index contributed by atoms with van der Waals surface area (Å²) in [6.07, 6.45) is 0.696. The van der Waals surface area contributed by atoms with Gasteiger partial charge in [0.1, 0.15) is 4.90 Å². The van der Waals surface area contributed by atoms with Gasteiger partial charge in [-0.25, -0.2) is 8.42 Å². The molecular weight excluding hydrogens is 440 g/mol. The average Bonchev–Trinajstić information content (AvgIpc) is 2.86. The second kappa shape index (κ2) is 9.78. The van der Waals surface area contributed by atoms with Crippen LogP contribution < -0.4 is 4.90 Å². The maximum atomic E-state index is 13.3. The summed E-state index contributed by atoms with van der Waals surface area (Å²) in [4.78, 5) is 14.3. The quantitative estimate of drug-likeness (QED) is 0.348. The average molecular weight is 465 g/mol. The van der Waals surface area contributed by atoms with Crippen LogP contribution >= 0.6 is 15.9 Å². The minimum Gasteiger partial charge on any atom is -0.395 e. The first-order valence-electron chi connectivity index (χ1n) is 8.70. The first-order chi connectivity index (χ1) is 12.8. The van der Waals surface area contributed by atoms with Gasteiger partial charge in [0, 0.05) is 50.2 Å². The second-order valence-electron chi connectivity index (χ2n) is 6.37. The molecule has 2 rings (SSSR count). The van der Waals surface area contributed by atoms with Gasteiger partial charge in [-0.1, -0.05) is 15.9 Å². The van der Waals surface area contributed by atoms with Crippen LogP contribution in [0, 0.1) is 10.1 Å². The van der Waals surface area contributed by atoms with Gasteiger partial charge < -0.3 is 14.9 Å². The van der Waals surface area contributed by atoms with Crippen molar-refractivity contribution in [2.75, 3.05) is 63.2 Å². The maximum absolute atomic E-state index is 13.3. The number of nitrogens with zero attached hydrogens (tertiary/aromatic N) is 4. The summed E-state index contributed by atoms with van der Waals surface area (Å²) < 4.78 is 28.1. The predicted octanol–water partition coefficient (Wildman–Crippen LogP) is 1.11. The zero-order valence-electron chi connectivity index (χ0n) is 15.3. The fourth-order valence-corrected chi connectivity index (χ4v) is 5.19. The van der Waals surface area contributed by atoms with E-state index in [2.05, 4.69) is 20.8 Å². The highest BCUT2D eigenvalue weighted by Crippen LogP contribution is 2.32. The Kier molecular flexibility index (Phi) is 7.98. The molecule has 1 fully saturated rings. The van der Waals surface area contributed by atoms with Crippen LogP contribution in [-0.4, -0.2) is 85.9 Å². The van der Waals surface area contributed by atoms with Gasteiger partial charge in [0.25, 0.3) is 5.69 Å². The Balaban J connectivity index is 2.52. The molecule has 0 radical (unpaired) electrons. The highest BCUT2D eigenvalue weighted by molar-refractivity contribution is 9.09. The number of hydrogen-bond acceptors (Lipinski definition) is 7. The van der Waals surface area contributed by atoms with Crippen molar-refractivity contribution in [2.45, 2.75) is 11.3 Å². The summed E-state index contributed by atoms with van der Waals surface area (Å²) >= 11 is 3.33. The highest BCUT2D eigenvalue weighted by Gasteiger charge is 2.31. The number of nitro groups is 1. The molecule has 11 heteroatoms. The maximum Gasteiger partial charge on any atom is 0.270 e. The largest absolute Gasteiger partial charge is 0.395 e. The number of non-ortho nitro benzene ring substituents is 1. The Bertz CT molecular complexity index is 755. The van der Waals surface area contributed by atoms with Crippen molar-refractivity contribution in [3.63, 3.8) is 0 Å². The normalized spacial score (nSPS) is 16.9. The number of anilines is 1. The van der Waals surface area contributed by atoms with Crippen molar-refractivity contribution in [2.24, 2.45) is 0 Å². The van der Waals surface area contributed by atoms with E-state index in [-0.39, 0.29) is 23.7 Å². The number of aliphatic hydroxyl groups is 1. The second-order valence-corrected chi connectivity index (χ2v) is 9.07. The fourth-order valence-electron chi connectivity index (χ4n) is 3.06. The van der Waals surface area contributed by atoms with Crippen molar-refractivity contribution in [1.29, 1.82) is 0 Å². The molecule has 0 bridgehead atoms. The molecule has 0 unspecified atom stereocenters. The monoisotopic (exact) mass is 464 g/mol. The number of nitro benzene ring substituents is 1. The van der Waals surface area contributed by atoms with Gasteiger partial charge in [0.05, 0.1) is 17.2 Å². The summed E-state index contributed by atoms with van der Waals surface area (Å²) in [5.74, 6) is 0. The molecule has 1 aromatic carbocycles. The number of sulfonamides is 1. The van der Waals surface area contributed by atoms with E-state index in [9.17, 15) is 23.6 Å². The molecule has 1 aliphatic heterocycles. The molecule has 0 aromatic heterocycles. The molecule has 0 amide bonds. The van der Waals surface area contributed by atoms with Crippen LogP contribution in [-0.2, 0) is 10.0 Å². The third kappa shape index (κ3) is 5.38. The molecule has 0 spiro atoms. The van der Waals surface area contributed by atoms with Crippen molar-refractivity contribution >= 4 is 37.3 Å². The SMILES string of the molecule is CN1CCCN(S(=O)(=O)c2cc([N+](=O)[O-])ccc2N(CCO)CCBr)CC1. The van der Waals surface area contributed by atoms with Gasteiger partial charge in [-0.2, -0.15) is 4.31 Å². The smallest absolute Gasteiger partial charge is 0.270 e. The van der Waals surface area contributed by atoms with Crippen LogP contribution in [0.4, 0.5) is 11.4 Å². The number of alkyl halides is 1. The van der Waals surface area contributed by atoms with Crippen LogP contribution in [0.5, 0.6) is 0 Å². The highest BCUT2D eigenvalue weighted by atomic mass is 79.9. The Morgan fingerprint density at radius 2 is 2.00 bits per heavy atom. The summed E-state index contributed by atoms with van der Waals surface area (Å²) in [5.41, 5.74) is 0.0961. The number of hydrogen-bond donors (Lipinski definition) is 1. The lowest BCUT2D eigenvalue weighted by molar-refractivity contribution is -0.385. The van der Waals surface area contributed by atoms with Crippen LogP contribution in [0.15, 0.2) is 23.1 Å². The van der Waals surface area contributed by atoms with Crippen molar-refractivity contribution in [3.8, 4) is 0 Å². The van der Waals surface area contributed by atoms with E-state index in [0.29, 0.717) is 43.6 Å². The van der Waals surface area contributed by atoms with Gasteiger partial charge in [-0.15, -0.1) is 0 Å². The van der Waals surface area contributed by atoms with Gasteiger partial charge in [0.15, 0.2) is 0 Å². The Labute approximate surface area is 167 Å². The molecule has 27 heavy (non-hydrogen) atoms. The third-order valence-electron chi connectivity index (χ3n) is 4.52. The Morgan fingerprint density at radius 1 is 1.26 bits per heavy atom. The Hall–Kier alpha value is -1.27. The van der Waals surface area contributed by atoms with E-state index >= 15 is 0 Å².